The highest BCUT2D eigenvalue weighted by atomic mass is 19.3. The molecule has 0 saturated carbocycles. The maximum Gasteiger partial charge on any atom is 0.387 e. The monoisotopic (exact) mass is 337 g/mol. The van der Waals surface area contributed by atoms with Gasteiger partial charge in [0.05, 0.1) is 12.7 Å². The van der Waals surface area contributed by atoms with Crippen LogP contribution in [-0.4, -0.2) is 28.2 Å². The van der Waals surface area contributed by atoms with E-state index in [1.165, 1.54) is 29.2 Å². The molecule has 124 valence electrons. The van der Waals surface area contributed by atoms with E-state index in [0.717, 1.165) is 12.1 Å². The summed E-state index contributed by atoms with van der Waals surface area (Å²) in [4.78, 5) is 22.6. The molecule has 2 heterocycles. The first-order chi connectivity index (χ1) is 11.4. The Bertz CT molecular complexity index is 845. The number of aromatic nitrogens is 2. The summed E-state index contributed by atoms with van der Waals surface area (Å²) in [6.45, 7) is -3.07. The number of nitrogens with zero attached hydrogens (tertiary/aromatic N) is 2. The number of halogens is 3. The largest absolute Gasteiger partial charge is 0.432 e. The number of carbonyl (C=O) groups is 2. The van der Waals surface area contributed by atoms with Gasteiger partial charge < -0.3 is 4.74 Å². The lowest BCUT2D eigenvalue weighted by atomic mass is 10.1. The zero-order valence-corrected chi connectivity index (χ0v) is 12.0. The second kappa shape index (κ2) is 6.19. The average Bonchev–Trinajstić information content (AvgIpc) is 3.08. The minimum absolute atomic E-state index is 0.0686. The molecule has 24 heavy (non-hydrogen) atoms. The number of hydrogen-bond donors (Lipinski definition) is 1. The van der Waals surface area contributed by atoms with Gasteiger partial charge in [0.25, 0.3) is 11.8 Å². The van der Waals surface area contributed by atoms with Crippen molar-refractivity contribution in [3.8, 4) is 16.9 Å². The third-order valence-corrected chi connectivity index (χ3v) is 3.28. The Hall–Kier alpha value is -3.10. The maximum absolute atomic E-state index is 13.4. The number of hydrogen-bond acceptors (Lipinski definition) is 4. The van der Waals surface area contributed by atoms with Gasteiger partial charge in [0.1, 0.15) is 0 Å². The summed E-state index contributed by atoms with van der Waals surface area (Å²) in [5, 5.41) is 6.15. The standard InChI is InChI=1S/C15H10F3N3O3/c16-11-2-1-8(3-12(11)24-15(17)18)10-5-19-21(7-10)6-9-4-13(22)20-14(9)23/h1-5,7,15H,6H2,(H,20,22,23). The molecule has 0 radical (unpaired) electrons. The van der Waals surface area contributed by atoms with Gasteiger partial charge >= 0.3 is 6.61 Å². The summed E-state index contributed by atoms with van der Waals surface area (Å²) in [5.41, 5.74) is 1.18. The second-order valence-electron chi connectivity index (χ2n) is 4.94. The predicted octanol–water partition coefficient (Wildman–Crippen LogP) is 1.87. The van der Waals surface area contributed by atoms with Gasteiger partial charge in [-0.05, 0) is 17.7 Å². The highest BCUT2D eigenvalue weighted by molar-refractivity contribution is 6.16. The minimum Gasteiger partial charge on any atom is -0.432 e. The Morgan fingerprint density at radius 1 is 1.25 bits per heavy atom. The Labute approximate surface area is 133 Å². The van der Waals surface area contributed by atoms with Crippen molar-refractivity contribution >= 4 is 11.8 Å². The molecule has 1 aromatic heterocycles. The summed E-state index contributed by atoms with van der Waals surface area (Å²) < 4.78 is 43.5. The van der Waals surface area contributed by atoms with Crippen LogP contribution in [0, 0.1) is 5.82 Å². The zero-order chi connectivity index (χ0) is 17.3. The lowest BCUT2D eigenvalue weighted by molar-refractivity contribution is -0.123. The van der Waals surface area contributed by atoms with Crippen LogP contribution in [0.4, 0.5) is 13.2 Å². The van der Waals surface area contributed by atoms with Crippen molar-refractivity contribution in [1.29, 1.82) is 0 Å². The predicted molar refractivity (Wildman–Crippen MR) is 75.5 cm³/mol. The molecule has 9 heteroatoms. The number of carbonyl (C=O) groups excluding carboxylic acids is 2. The summed E-state index contributed by atoms with van der Waals surface area (Å²) in [6, 6.07) is 3.53. The Kier molecular flexibility index (Phi) is 4.07. The molecule has 3 rings (SSSR count). The van der Waals surface area contributed by atoms with Crippen LogP contribution < -0.4 is 10.1 Å². The SMILES string of the molecule is O=C1C=C(Cn2cc(-c3ccc(F)c(OC(F)F)c3)cn2)C(=O)N1. The number of amides is 2. The summed E-state index contributed by atoms with van der Waals surface area (Å²) >= 11 is 0. The van der Waals surface area contributed by atoms with Crippen LogP contribution in [0.2, 0.25) is 0 Å². The number of imide groups is 1. The molecule has 1 aliphatic heterocycles. The third kappa shape index (κ3) is 3.29. The van der Waals surface area contributed by atoms with Crippen LogP contribution in [-0.2, 0) is 16.1 Å². The summed E-state index contributed by atoms with van der Waals surface area (Å²) in [6.07, 6.45) is 4.14. The van der Waals surface area contributed by atoms with E-state index in [2.05, 4.69) is 15.2 Å². The van der Waals surface area contributed by atoms with Crippen LogP contribution >= 0.6 is 0 Å². The number of ether oxygens (including phenoxy) is 1. The van der Waals surface area contributed by atoms with Gasteiger partial charge in [-0.15, -0.1) is 0 Å². The number of rotatable bonds is 5. The van der Waals surface area contributed by atoms with Gasteiger partial charge in [0.2, 0.25) is 0 Å². The molecule has 6 nitrogen and oxygen atoms in total. The molecule has 0 bridgehead atoms. The first kappa shape index (κ1) is 15.8. The molecule has 0 aliphatic carbocycles. The van der Waals surface area contributed by atoms with E-state index in [4.69, 9.17) is 0 Å². The zero-order valence-electron chi connectivity index (χ0n) is 12.0. The molecule has 1 N–H and O–H groups in total. The van der Waals surface area contributed by atoms with E-state index >= 15 is 0 Å². The summed E-state index contributed by atoms with van der Waals surface area (Å²) in [7, 11) is 0. The normalized spacial score (nSPS) is 14.1. The number of alkyl halides is 2. The lowest BCUT2D eigenvalue weighted by Gasteiger charge is -2.07. The topological polar surface area (TPSA) is 73.2 Å². The van der Waals surface area contributed by atoms with Crippen LogP contribution in [0.25, 0.3) is 11.1 Å². The molecule has 0 unspecified atom stereocenters. The van der Waals surface area contributed by atoms with E-state index in [1.807, 2.05) is 0 Å². The van der Waals surface area contributed by atoms with Crippen LogP contribution in [0.1, 0.15) is 0 Å². The van der Waals surface area contributed by atoms with Crippen molar-refractivity contribution in [3.63, 3.8) is 0 Å². The Morgan fingerprint density at radius 3 is 2.71 bits per heavy atom. The first-order valence-corrected chi connectivity index (χ1v) is 6.75. The van der Waals surface area contributed by atoms with Crippen molar-refractivity contribution in [3.05, 3.63) is 48.1 Å². The molecule has 2 amide bonds. The van der Waals surface area contributed by atoms with Gasteiger partial charge in [-0.25, -0.2) is 4.39 Å². The lowest BCUT2D eigenvalue weighted by Crippen LogP contribution is -2.23. The molecule has 1 aliphatic rings. The molecule has 0 atom stereocenters. The molecular weight excluding hydrogens is 327 g/mol. The van der Waals surface area contributed by atoms with Crippen molar-refractivity contribution < 1.29 is 27.5 Å². The van der Waals surface area contributed by atoms with Gasteiger partial charge in [-0.1, -0.05) is 6.07 Å². The fourth-order valence-corrected chi connectivity index (χ4v) is 2.21. The fourth-order valence-electron chi connectivity index (χ4n) is 2.21. The van der Waals surface area contributed by atoms with E-state index in [9.17, 15) is 22.8 Å². The van der Waals surface area contributed by atoms with E-state index in [1.54, 1.807) is 0 Å². The average molecular weight is 337 g/mol. The van der Waals surface area contributed by atoms with Crippen LogP contribution in [0.3, 0.4) is 0 Å². The third-order valence-electron chi connectivity index (χ3n) is 3.28. The molecule has 0 fully saturated rings. The number of benzene rings is 1. The highest BCUT2D eigenvalue weighted by Gasteiger charge is 2.21. The van der Waals surface area contributed by atoms with E-state index in [-0.39, 0.29) is 12.1 Å². The van der Waals surface area contributed by atoms with Crippen molar-refractivity contribution in [2.45, 2.75) is 13.2 Å². The van der Waals surface area contributed by atoms with Gasteiger partial charge in [0, 0.05) is 23.4 Å². The molecule has 0 spiro atoms. The van der Waals surface area contributed by atoms with Gasteiger partial charge in [0.15, 0.2) is 11.6 Å². The van der Waals surface area contributed by atoms with Crippen molar-refractivity contribution in [2.24, 2.45) is 0 Å². The first-order valence-electron chi connectivity index (χ1n) is 6.75. The highest BCUT2D eigenvalue weighted by Crippen LogP contribution is 2.27. The molecular formula is C15H10F3N3O3. The fraction of sp³-hybridized carbons (Fsp3) is 0.133. The maximum atomic E-state index is 13.4. The smallest absolute Gasteiger partial charge is 0.387 e. The number of nitrogens with one attached hydrogen (secondary N) is 1. The second-order valence-corrected chi connectivity index (χ2v) is 4.94. The van der Waals surface area contributed by atoms with Crippen LogP contribution in [0.5, 0.6) is 5.75 Å². The molecule has 2 aromatic rings. The van der Waals surface area contributed by atoms with E-state index < -0.39 is 30.0 Å². The van der Waals surface area contributed by atoms with E-state index in [0.29, 0.717) is 11.1 Å². The Morgan fingerprint density at radius 2 is 2.04 bits per heavy atom. The van der Waals surface area contributed by atoms with Crippen LogP contribution in [0.15, 0.2) is 42.2 Å². The quantitative estimate of drug-likeness (QED) is 0.846. The Balaban J connectivity index is 1.82. The van der Waals surface area contributed by atoms with Gasteiger partial charge in [-0.3, -0.25) is 19.6 Å². The summed E-state index contributed by atoms with van der Waals surface area (Å²) in [5.74, 6) is -2.46. The van der Waals surface area contributed by atoms with Gasteiger partial charge in [-0.2, -0.15) is 13.9 Å². The molecule has 0 saturated heterocycles. The van der Waals surface area contributed by atoms with Crippen molar-refractivity contribution in [2.75, 3.05) is 0 Å². The van der Waals surface area contributed by atoms with Crippen molar-refractivity contribution in [1.82, 2.24) is 15.1 Å². The molecule has 1 aromatic carbocycles. The minimum atomic E-state index is -3.14.